The normalized spacial score (nSPS) is 12.5. The number of ether oxygens (including phenoxy) is 1. The summed E-state index contributed by atoms with van der Waals surface area (Å²) in [6.07, 6.45) is 0. The first-order chi connectivity index (χ1) is 17.0. The molecule has 0 atom stereocenters. The van der Waals surface area contributed by atoms with Gasteiger partial charge >= 0.3 is 5.97 Å². The third-order valence-electron chi connectivity index (χ3n) is 6.16. The van der Waals surface area contributed by atoms with Crippen molar-refractivity contribution in [3.05, 3.63) is 96.6 Å². The van der Waals surface area contributed by atoms with Crippen LogP contribution in [0.1, 0.15) is 47.1 Å². The van der Waals surface area contributed by atoms with Crippen LogP contribution in [0.5, 0.6) is 0 Å². The van der Waals surface area contributed by atoms with Crippen LogP contribution < -0.4 is 10.4 Å². The molecule has 3 aromatic rings. The summed E-state index contributed by atoms with van der Waals surface area (Å²) in [5.74, 6) is -0.219. The molecule has 0 amide bonds. The van der Waals surface area contributed by atoms with Crippen molar-refractivity contribution in [1.82, 2.24) is 4.90 Å². The fraction of sp³-hybridized carbons (Fsp3) is 0.387. The monoisotopic (exact) mass is 503 g/mol. The van der Waals surface area contributed by atoms with Crippen molar-refractivity contribution in [2.45, 2.75) is 58.7 Å². The van der Waals surface area contributed by atoms with E-state index < -0.39 is 13.9 Å². The van der Waals surface area contributed by atoms with Gasteiger partial charge in [-0.15, -0.1) is 0 Å². The molecule has 0 radical (unpaired) electrons. The summed E-state index contributed by atoms with van der Waals surface area (Å²) < 4.78 is 12.7. The van der Waals surface area contributed by atoms with E-state index in [1.807, 2.05) is 39.0 Å². The maximum atomic E-state index is 12.7. The Hall–Kier alpha value is -2.73. The molecular weight excluding hydrogens is 462 g/mol. The standard InChI is InChI=1S/C31H41NO3Si/c1-30(2,3)35-29(33)25-32(24-26-16-10-7-11-17-26)22-23-34-36(31(4,5)6,27-18-12-8-13-19-27)28-20-14-9-15-21-28/h7-21H,22-25H2,1-6H3. The number of rotatable bonds is 10. The highest BCUT2D eigenvalue weighted by Gasteiger charge is 2.50. The van der Waals surface area contributed by atoms with Crippen LogP contribution in [-0.2, 0) is 20.5 Å². The minimum atomic E-state index is -2.63. The topological polar surface area (TPSA) is 38.8 Å². The molecule has 0 spiro atoms. The van der Waals surface area contributed by atoms with Crippen molar-refractivity contribution in [3.8, 4) is 0 Å². The van der Waals surface area contributed by atoms with Crippen LogP contribution in [-0.4, -0.2) is 44.5 Å². The van der Waals surface area contributed by atoms with Gasteiger partial charge in [-0.05, 0) is 41.7 Å². The van der Waals surface area contributed by atoms with Gasteiger partial charge in [-0.25, -0.2) is 0 Å². The highest BCUT2D eigenvalue weighted by Crippen LogP contribution is 2.36. The van der Waals surface area contributed by atoms with Crippen molar-refractivity contribution in [3.63, 3.8) is 0 Å². The first-order valence-electron chi connectivity index (χ1n) is 12.7. The van der Waals surface area contributed by atoms with Gasteiger partial charge in [0.15, 0.2) is 0 Å². The summed E-state index contributed by atoms with van der Waals surface area (Å²) in [4.78, 5) is 14.9. The van der Waals surface area contributed by atoms with Crippen molar-refractivity contribution >= 4 is 24.7 Å². The van der Waals surface area contributed by atoms with Crippen LogP contribution >= 0.6 is 0 Å². The van der Waals surface area contributed by atoms with E-state index >= 15 is 0 Å². The number of esters is 1. The molecule has 0 heterocycles. The molecule has 0 aliphatic rings. The lowest BCUT2D eigenvalue weighted by Crippen LogP contribution is -2.67. The van der Waals surface area contributed by atoms with E-state index in [-0.39, 0.29) is 17.6 Å². The Labute approximate surface area is 218 Å². The van der Waals surface area contributed by atoms with E-state index in [1.54, 1.807) is 0 Å². The molecule has 5 heteroatoms. The summed E-state index contributed by atoms with van der Waals surface area (Å²) in [6, 6.07) is 31.5. The fourth-order valence-electron chi connectivity index (χ4n) is 4.70. The van der Waals surface area contributed by atoms with Crippen LogP contribution in [0.25, 0.3) is 0 Å². The summed E-state index contributed by atoms with van der Waals surface area (Å²) in [7, 11) is -2.63. The lowest BCUT2D eigenvalue weighted by molar-refractivity contribution is -0.156. The van der Waals surface area contributed by atoms with Gasteiger partial charge in [-0.2, -0.15) is 0 Å². The predicted molar refractivity (Wildman–Crippen MR) is 151 cm³/mol. The van der Waals surface area contributed by atoms with Gasteiger partial charge in [-0.1, -0.05) is 112 Å². The van der Waals surface area contributed by atoms with Crippen molar-refractivity contribution in [2.75, 3.05) is 19.7 Å². The Morgan fingerprint density at radius 1 is 0.750 bits per heavy atom. The molecular formula is C31H41NO3Si. The molecule has 0 fully saturated rings. The quantitative estimate of drug-likeness (QED) is 0.274. The number of nitrogens with zero attached hydrogens (tertiary/aromatic N) is 1. The minimum Gasteiger partial charge on any atom is -0.459 e. The second-order valence-electron chi connectivity index (χ2n) is 11.3. The zero-order valence-corrected chi connectivity index (χ0v) is 23.7. The van der Waals surface area contributed by atoms with Crippen LogP contribution in [0.15, 0.2) is 91.0 Å². The summed E-state index contributed by atoms with van der Waals surface area (Å²) >= 11 is 0. The van der Waals surface area contributed by atoms with E-state index in [4.69, 9.17) is 9.16 Å². The van der Waals surface area contributed by atoms with Gasteiger partial charge < -0.3 is 9.16 Å². The second kappa shape index (κ2) is 12.0. The van der Waals surface area contributed by atoms with E-state index in [2.05, 4.69) is 98.5 Å². The van der Waals surface area contributed by atoms with Crippen molar-refractivity contribution < 1.29 is 14.0 Å². The Kier molecular flexibility index (Phi) is 9.28. The largest absolute Gasteiger partial charge is 0.459 e. The molecule has 3 aromatic carbocycles. The highest BCUT2D eigenvalue weighted by molar-refractivity contribution is 6.99. The minimum absolute atomic E-state index is 0.0921. The van der Waals surface area contributed by atoms with Crippen molar-refractivity contribution in [1.29, 1.82) is 0 Å². The van der Waals surface area contributed by atoms with E-state index in [1.165, 1.54) is 10.4 Å². The average molecular weight is 504 g/mol. The van der Waals surface area contributed by atoms with E-state index in [0.29, 0.717) is 19.7 Å². The number of carbonyl (C=O) groups is 1. The lowest BCUT2D eigenvalue weighted by atomic mass is 10.2. The maximum absolute atomic E-state index is 12.7. The zero-order chi connectivity index (χ0) is 26.2. The highest BCUT2D eigenvalue weighted by atomic mass is 28.4. The molecule has 0 bridgehead atoms. The van der Waals surface area contributed by atoms with Gasteiger partial charge in [0, 0.05) is 19.7 Å². The molecule has 0 unspecified atom stereocenters. The summed E-state index contributed by atoms with van der Waals surface area (Å²) in [5, 5.41) is 2.42. The molecule has 0 aliphatic heterocycles. The summed E-state index contributed by atoms with van der Waals surface area (Å²) in [6.45, 7) is 14.6. The average Bonchev–Trinajstić information content (AvgIpc) is 2.81. The first-order valence-corrected chi connectivity index (χ1v) is 14.7. The molecule has 0 saturated carbocycles. The molecule has 36 heavy (non-hydrogen) atoms. The Balaban J connectivity index is 1.87. The molecule has 0 N–H and O–H groups in total. The number of hydrogen-bond acceptors (Lipinski definition) is 4. The van der Waals surface area contributed by atoms with Gasteiger partial charge in [0.2, 0.25) is 0 Å². The predicted octanol–water partition coefficient (Wildman–Crippen LogP) is 5.41. The second-order valence-corrected chi connectivity index (χ2v) is 15.6. The third-order valence-corrected chi connectivity index (χ3v) is 11.2. The molecule has 3 rings (SSSR count). The lowest BCUT2D eigenvalue weighted by Gasteiger charge is -2.43. The molecule has 192 valence electrons. The molecule has 4 nitrogen and oxygen atoms in total. The maximum Gasteiger partial charge on any atom is 0.320 e. The number of hydrogen-bond donors (Lipinski definition) is 0. The molecule has 0 aliphatic carbocycles. The third kappa shape index (κ3) is 7.39. The zero-order valence-electron chi connectivity index (χ0n) is 22.7. The summed E-state index contributed by atoms with van der Waals surface area (Å²) in [5.41, 5.74) is 0.646. The molecule has 0 aromatic heterocycles. The van der Waals surface area contributed by atoms with Crippen LogP contribution in [0.3, 0.4) is 0 Å². The van der Waals surface area contributed by atoms with Gasteiger partial charge in [0.05, 0.1) is 6.54 Å². The van der Waals surface area contributed by atoms with Crippen molar-refractivity contribution in [2.24, 2.45) is 0 Å². The molecule has 0 saturated heterocycles. The van der Waals surface area contributed by atoms with Crippen LogP contribution in [0.4, 0.5) is 0 Å². The van der Waals surface area contributed by atoms with E-state index in [9.17, 15) is 4.79 Å². The number of benzene rings is 3. The van der Waals surface area contributed by atoms with Gasteiger partial charge in [-0.3, -0.25) is 9.69 Å². The smallest absolute Gasteiger partial charge is 0.320 e. The van der Waals surface area contributed by atoms with Crippen LogP contribution in [0.2, 0.25) is 5.04 Å². The SMILES string of the molecule is CC(C)(C)OC(=O)CN(CCO[Si](c1ccccc1)(c1ccccc1)C(C)(C)C)Cc1ccccc1. The van der Waals surface area contributed by atoms with Gasteiger partial charge in [0.25, 0.3) is 8.32 Å². The van der Waals surface area contributed by atoms with E-state index in [0.717, 1.165) is 5.56 Å². The Morgan fingerprint density at radius 2 is 1.22 bits per heavy atom. The fourth-order valence-corrected chi connectivity index (χ4v) is 9.25. The first kappa shape index (κ1) is 27.8. The van der Waals surface area contributed by atoms with Gasteiger partial charge in [0.1, 0.15) is 5.60 Å². The Bertz CT molecular complexity index is 1030. The Morgan fingerprint density at radius 3 is 1.67 bits per heavy atom. The van der Waals surface area contributed by atoms with Crippen LogP contribution in [0, 0.1) is 0 Å². The number of carbonyl (C=O) groups excluding carboxylic acids is 1.